The minimum absolute atomic E-state index is 0.372. The number of rotatable bonds is 4. The van der Waals surface area contributed by atoms with Gasteiger partial charge in [-0.25, -0.2) is 4.79 Å². The molecule has 0 aliphatic carbocycles. The topological polar surface area (TPSA) is 52.6 Å². The van der Waals surface area contributed by atoms with E-state index in [0.717, 1.165) is 11.8 Å². The second-order valence-corrected chi connectivity index (χ2v) is 3.10. The lowest BCUT2D eigenvalue weighted by molar-refractivity contribution is -0.133. The van der Waals surface area contributed by atoms with Gasteiger partial charge < -0.3 is 9.47 Å². The third-order valence-corrected chi connectivity index (χ3v) is 1.75. The van der Waals surface area contributed by atoms with E-state index in [0.29, 0.717) is 5.75 Å². The van der Waals surface area contributed by atoms with Crippen molar-refractivity contribution < 1.29 is 19.1 Å². The van der Waals surface area contributed by atoms with Crippen LogP contribution < -0.4 is 4.74 Å². The Labute approximate surface area is 99.2 Å². The van der Waals surface area contributed by atoms with Crippen molar-refractivity contribution in [2.45, 2.75) is 6.92 Å². The summed E-state index contributed by atoms with van der Waals surface area (Å²) in [6.07, 6.45) is 3.93. The van der Waals surface area contributed by atoms with Gasteiger partial charge in [-0.1, -0.05) is 18.7 Å². The average molecular weight is 232 g/mol. The molecule has 0 heterocycles. The van der Waals surface area contributed by atoms with Crippen molar-refractivity contribution in [2.24, 2.45) is 0 Å². The molecular weight excluding hydrogens is 220 g/mol. The van der Waals surface area contributed by atoms with Crippen LogP contribution in [0.25, 0.3) is 6.08 Å². The summed E-state index contributed by atoms with van der Waals surface area (Å²) in [7, 11) is 0. The van der Waals surface area contributed by atoms with Crippen LogP contribution in [0.15, 0.2) is 43.2 Å². The molecule has 0 aliphatic heterocycles. The summed E-state index contributed by atoms with van der Waals surface area (Å²) in [4.78, 5) is 21.7. The van der Waals surface area contributed by atoms with E-state index in [1.165, 1.54) is 13.0 Å². The monoisotopic (exact) mass is 232 g/mol. The van der Waals surface area contributed by atoms with Crippen molar-refractivity contribution in [3.05, 3.63) is 48.7 Å². The average Bonchev–Trinajstić information content (AvgIpc) is 2.28. The van der Waals surface area contributed by atoms with Gasteiger partial charge in [0.25, 0.3) is 0 Å². The molecule has 0 unspecified atom stereocenters. The molecule has 4 heteroatoms. The molecule has 0 atom stereocenters. The molecule has 0 aromatic heterocycles. The highest BCUT2D eigenvalue weighted by atomic mass is 16.5. The van der Waals surface area contributed by atoms with Gasteiger partial charge in [0.2, 0.25) is 0 Å². The molecule has 0 spiro atoms. The molecule has 1 rings (SSSR count). The molecule has 17 heavy (non-hydrogen) atoms. The second-order valence-electron chi connectivity index (χ2n) is 3.10. The Balaban J connectivity index is 2.65. The molecule has 1 aromatic carbocycles. The summed E-state index contributed by atoms with van der Waals surface area (Å²) in [6, 6.07) is 6.71. The predicted molar refractivity (Wildman–Crippen MR) is 63.1 cm³/mol. The maximum Gasteiger partial charge on any atom is 0.335 e. The highest BCUT2D eigenvalue weighted by Crippen LogP contribution is 2.13. The number of ether oxygens (including phenoxy) is 2. The molecule has 0 N–H and O–H groups in total. The Morgan fingerprint density at radius 1 is 1.24 bits per heavy atom. The van der Waals surface area contributed by atoms with Crippen LogP contribution in [0, 0.1) is 0 Å². The minimum Gasteiger partial charge on any atom is -0.432 e. The van der Waals surface area contributed by atoms with Crippen molar-refractivity contribution in [1.82, 2.24) is 0 Å². The summed E-state index contributed by atoms with van der Waals surface area (Å²) < 4.78 is 9.37. The predicted octanol–water partition coefficient (Wildman–Crippen LogP) is 2.31. The van der Waals surface area contributed by atoms with Gasteiger partial charge in [-0.05, 0) is 23.8 Å². The Hall–Kier alpha value is -2.36. The van der Waals surface area contributed by atoms with Crippen molar-refractivity contribution in [3.63, 3.8) is 0 Å². The van der Waals surface area contributed by atoms with Gasteiger partial charge in [-0.2, -0.15) is 0 Å². The summed E-state index contributed by atoms with van der Waals surface area (Å²) >= 11 is 0. The van der Waals surface area contributed by atoms with Crippen molar-refractivity contribution >= 4 is 18.0 Å². The Morgan fingerprint density at radius 3 is 2.41 bits per heavy atom. The van der Waals surface area contributed by atoms with Crippen LogP contribution in [0.2, 0.25) is 0 Å². The van der Waals surface area contributed by atoms with E-state index in [1.807, 2.05) is 0 Å². The number of hydrogen-bond acceptors (Lipinski definition) is 4. The van der Waals surface area contributed by atoms with Gasteiger partial charge >= 0.3 is 11.9 Å². The first-order valence-electron chi connectivity index (χ1n) is 4.90. The maximum absolute atomic E-state index is 11.0. The lowest BCUT2D eigenvalue weighted by Gasteiger charge is -2.00. The zero-order valence-electron chi connectivity index (χ0n) is 9.38. The molecule has 1 aromatic rings. The third kappa shape index (κ3) is 4.79. The van der Waals surface area contributed by atoms with Crippen molar-refractivity contribution in [3.8, 4) is 5.75 Å². The van der Waals surface area contributed by atoms with E-state index in [2.05, 4.69) is 11.3 Å². The standard InChI is InChI=1S/C13H12O4/c1-3-16-13(15)9-6-11-4-7-12(8-5-11)17-10(2)14/h3-9H,1H2,2H3/b9-6+. The first-order valence-corrected chi connectivity index (χ1v) is 4.90. The fourth-order valence-electron chi connectivity index (χ4n) is 1.10. The molecule has 0 saturated heterocycles. The van der Waals surface area contributed by atoms with E-state index in [9.17, 15) is 9.59 Å². The van der Waals surface area contributed by atoms with Crippen LogP contribution in [0.3, 0.4) is 0 Å². The quantitative estimate of drug-likeness (QED) is 0.346. The molecule has 0 saturated carbocycles. The van der Waals surface area contributed by atoms with Crippen LogP contribution in [0.4, 0.5) is 0 Å². The molecule has 4 nitrogen and oxygen atoms in total. The molecule has 0 amide bonds. The van der Waals surface area contributed by atoms with Crippen LogP contribution >= 0.6 is 0 Å². The van der Waals surface area contributed by atoms with Gasteiger partial charge in [0, 0.05) is 13.0 Å². The summed E-state index contributed by atoms with van der Waals surface area (Å²) in [6.45, 7) is 4.60. The van der Waals surface area contributed by atoms with Crippen molar-refractivity contribution in [1.29, 1.82) is 0 Å². The van der Waals surface area contributed by atoms with Crippen LogP contribution in [0.1, 0.15) is 12.5 Å². The highest BCUT2D eigenvalue weighted by Gasteiger charge is 1.97. The zero-order valence-corrected chi connectivity index (χ0v) is 9.38. The zero-order chi connectivity index (χ0) is 12.7. The first-order chi connectivity index (χ1) is 8.11. The van der Waals surface area contributed by atoms with Gasteiger partial charge in [0.05, 0.1) is 6.26 Å². The Bertz CT molecular complexity index is 443. The number of hydrogen-bond donors (Lipinski definition) is 0. The highest BCUT2D eigenvalue weighted by molar-refractivity contribution is 5.87. The van der Waals surface area contributed by atoms with E-state index in [-0.39, 0.29) is 5.97 Å². The Kier molecular flexibility index (Phi) is 4.69. The molecular formula is C13H12O4. The smallest absolute Gasteiger partial charge is 0.335 e. The van der Waals surface area contributed by atoms with Gasteiger partial charge in [-0.3, -0.25) is 4.79 Å². The fraction of sp³-hybridized carbons (Fsp3) is 0.0769. The lowest BCUT2D eigenvalue weighted by atomic mass is 10.2. The van der Waals surface area contributed by atoms with Gasteiger partial charge in [-0.15, -0.1) is 0 Å². The fourth-order valence-corrected chi connectivity index (χ4v) is 1.10. The van der Waals surface area contributed by atoms with E-state index >= 15 is 0 Å². The van der Waals surface area contributed by atoms with Crippen molar-refractivity contribution in [2.75, 3.05) is 0 Å². The third-order valence-electron chi connectivity index (χ3n) is 1.75. The van der Waals surface area contributed by atoms with Crippen LogP contribution in [-0.4, -0.2) is 11.9 Å². The number of esters is 2. The van der Waals surface area contributed by atoms with Crippen LogP contribution in [0.5, 0.6) is 5.75 Å². The summed E-state index contributed by atoms with van der Waals surface area (Å²) in [5.74, 6) is -0.407. The molecule has 0 fully saturated rings. The maximum atomic E-state index is 11.0. The summed E-state index contributed by atoms with van der Waals surface area (Å²) in [5, 5.41) is 0. The van der Waals surface area contributed by atoms with E-state index < -0.39 is 5.97 Å². The van der Waals surface area contributed by atoms with Gasteiger partial charge in [0.15, 0.2) is 0 Å². The minimum atomic E-state index is -0.496. The first kappa shape index (κ1) is 12.7. The molecule has 0 bridgehead atoms. The Morgan fingerprint density at radius 2 is 1.88 bits per heavy atom. The van der Waals surface area contributed by atoms with E-state index in [4.69, 9.17) is 4.74 Å². The number of benzene rings is 1. The van der Waals surface area contributed by atoms with Crippen LogP contribution in [-0.2, 0) is 14.3 Å². The van der Waals surface area contributed by atoms with Gasteiger partial charge in [0.1, 0.15) is 5.75 Å². The normalized spacial score (nSPS) is 9.94. The molecule has 0 radical (unpaired) electrons. The second kappa shape index (κ2) is 6.27. The number of carbonyl (C=O) groups excluding carboxylic acids is 2. The molecule has 0 aliphatic rings. The van der Waals surface area contributed by atoms with E-state index in [1.54, 1.807) is 30.3 Å². The molecule has 88 valence electrons. The largest absolute Gasteiger partial charge is 0.432 e. The summed E-state index contributed by atoms with van der Waals surface area (Å²) in [5.41, 5.74) is 0.793. The SMILES string of the molecule is C=COC(=O)/C=C/c1ccc(OC(C)=O)cc1. The lowest BCUT2D eigenvalue weighted by Crippen LogP contribution is -2.00. The number of carbonyl (C=O) groups is 2.